The first-order valence-electron chi connectivity index (χ1n) is 5.19. The smallest absolute Gasteiger partial charge is 0.242 e. The number of hydrogen-bond acceptors (Lipinski definition) is 3. The van der Waals surface area contributed by atoms with Gasteiger partial charge in [0, 0.05) is 19.3 Å². The van der Waals surface area contributed by atoms with Crippen LogP contribution in [-0.2, 0) is 11.8 Å². The van der Waals surface area contributed by atoms with E-state index in [4.69, 9.17) is 0 Å². The summed E-state index contributed by atoms with van der Waals surface area (Å²) >= 11 is 0. The Balaban J connectivity index is 1.92. The summed E-state index contributed by atoms with van der Waals surface area (Å²) in [6.45, 7) is 3.06. The second-order valence-corrected chi connectivity index (χ2v) is 4.17. The molecule has 1 aromatic rings. The molecule has 1 fully saturated rings. The van der Waals surface area contributed by atoms with Gasteiger partial charge in [-0.15, -0.1) is 0 Å². The van der Waals surface area contributed by atoms with Crippen molar-refractivity contribution >= 4 is 11.7 Å². The molecule has 0 saturated carbocycles. The van der Waals surface area contributed by atoms with E-state index in [-0.39, 0.29) is 11.9 Å². The van der Waals surface area contributed by atoms with Gasteiger partial charge in [-0.1, -0.05) is 6.92 Å². The maximum Gasteiger partial charge on any atom is 0.242 e. The monoisotopic (exact) mass is 208 g/mol. The number of rotatable bonds is 2. The molecule has 2 heterocycles. The maximum absolute atomic E-state index is 11.7. The zero-order valence-corrected chi connectivity index (χ0v) is 9.03. The van der Waals surface area contributed by atoms with Crippen molar-refractivity contribution in [3.8, 4) is 0 Å². The van der Waals surface area contributed by atoms with Crippen molar-refractivity contribution in [1.29, 1.82) is 0 Å². The molecule has 1 amide bonds. The Morgan fingerprint density at radius 3 is 3.07 bits per heavy atom. The molecule has 5 heteroatoms. The fraction of sp³-hybridized carbons (Fsp3) is 0.600. The van der Waals surface area contributed by atoms with Crippen molar-refractivity contribution < 1.29 is 4.79 Å². The number of hydrogen-bond donors (Lipinski definition) is 2. The van der Waals surface area contributed by atoms with Crippen LogP contribution < -0.4 is 10.6 Å². The van der Waals surface area contributed by atoms with Crippen molar-refractivity contribution in [2.24, 2.45) is 13.0 Å². The number of anilines is 1. The summed E-state index contributed by atoms with van der Waals surface area (Å²) in [6, 6.07) is 1.72. The molecule has 2 N–H and O–H groups in total. The Kier molecular flexibility index (Phi) is 2.73. The highest BCUT2D eigenvalue weighted by Crippen LogP contribution is 2.14. The summed E-state index contributed by atoms with van der Waals surface area (Å²) in [5.41, 5.74) is 0. The van der Waals surface area contributed by atoms with Gasteiger partial charge >= 0.3 is 0 Å². The zero-order chi connectivity index (χ0) is 10.8. The van der Waals surface area contributed by atoms with Crippen LogP contribution in [0.3, 0.4) is 0 Å². The summed E-state index contributed by atoms with van der Waals surface area (Å²) in [5.74, 6) is 1.20. The summed E-state index contributed by atoms with van der Waals surface area (Å²) in [7, 11) is 1.82. The molecule has 1 unspecified atom stereocenters. The Hall–Kier alpha value is -1.36. The average Bonchev–Trinajstić information content (AvgIpc) is 2.75. The third kappa shape index (κ3) is 2.36. The second kappa shape index (κ2) is 4.02. The first-order valence-corrected chi connectivity index (χ1v) is 5.19. The number of amides is 1. The predicted molar refractivity (Wildman–Crippen MR) is 57.4 cm³/mol. The lowest BCUT2D eigenvalue weighted by atomic mass is 10.1. The molecule has 15 heavy (non-hydrogen) atoms. The summed E-state index contributed by atoms with van der Waals surface area (Å²) in [4.78, 5) is 11.7. The van der Waals surface area contributed by atoms with Gasteiger partial charge in [0.2, 0.25) is 5.91 Å². The minimum Gasteiger partial charge on any atom is -0.308 e. The predicted octanol–water partition coefficient (Wildman–Crippen LogP) is 0.357. The van der Waals surface area contributed by atoms with Gasteiger partial charge in [-0.05, 0) is 18.9 Å². The van der Waals surface area contributed by atoms with Gasteiger partial charge in [0.15, 0.2) is 5.82 Å². The highest BCUT2D eigenvalue weighted by Gasteiger charge is 2.26. The van der Waals surface area contributed by atoms with E-state index >= 15 is 0 Å². The topological polar surface area (TPSA) is 59.0 Å². The molecule has 5 nitrogen and oxygen atoms in total. The Labute approximate surface area is 88.8 Å². The fourth-order valence-corrected chi connectivity index (χ4v) is 1.81. The van der Waals surface area contributed by atoms with Crippen molar-refractivity contribution in [2.75, 3.05) is 11.9 Å². The van der Waals surface area contributed by atoms with E-state index in [2.05, 4.69) is 22.7 Å². The molecule has 2 rings (SSSR count). The molecule has 82 valence electrons. The minimum atomic E-state index is -0.0676. The first kappa shape index (κ1) is 10.2. The van der Waals surface area contributed by atoms with Gasteiger partial charge in [-0.3, -0.25) is 9.48 Å². The Morgan fingerprint density at radius 2 is 2.53 bits per heavy atom. The van der Waals surface area contributed by atoms with E-state index in [1.165, 1.54) is 0 Å². The zero-order valence-electron chi connectivity index (χ0n) is 9.03. The molecular weight excluding hydrogens is 192 g/mol. The highest BCUT2D eigenvalue weighted by molar-refractivity contribution is 5.94. The molecular formula is C10H16N4O. The van der Waals surface area contributed by atoms with Crippen LogP contribution in [0.25, 0.3) is 0 Å². The number of nitrogens with one attached hydrogen (secondary N) is 2. The maximum atomic E-state index is 11.7. The average molecular weight is 208 g/mol. The summed E-state index contributed by atoms with van der Waals surface area (Å²) in [5, 5.41) is 10.1. The van der Waals surface area contributed by atoms with E-state index in [0.717, 1.165) is 13.0 Å². The molecule has 1 saturated heterocycles. The number of aromatic nitrogens is 2. The van der Waals surface area contributed by atoms with Crippen LogP contribution in [0.2, 0.25) is 0 Å². The van der Waals surface area contributed by atoms with Crippen molar-refractivity contribution in [3.05, 3.63) is 12.3 Å². The SMILES string of the molecule is CC1CN[C@H](C(=O)Nc2ccn(C)n2)C1. The van der Waals surface area contributed by atoms with Gasteiger partial charge in [0.25, 0.3) is 0 Å². The molecule has 1 aromatic heterocycles. The van der Waals surface area contributed by atoms with Crippen LogP contribution in [0.15, 0.2) is 12.3 Å². The van der Waals surface area contributed by atoms with Gasteiger partial charge in [0.05, 0.1) is 6.04 Å². The van der Waals surface area contributed by atoms with Crippen molar-refractivity contribution in [1.82, 2.24) is 15.1 Å². The summed E-state index contributed by atoms with van der Waals surface area (Å²) in [6.07, 6.45) is 2.71. The van der Waals surface area contributed by atoms with E-state index in [1.807, 2.05) is 7.05 Å². The number of aryl methyl sites for hydroxylation is 1. The fourth-order valence-electron chi connectivity index (χ4n) is 1.81. The van der Waals surface area contributed by atoms with E-state index < -0.39 is 0 Å². The number of carbonyl (C=O) groups excluding carboxylic acids is 1. The molecule has 2 atom stereocenters. The van der Waals surface area contributed by atoms with Crippen LogP contribution in [-0.4, -0.2) is 28.3 Å². The second-order valence-electron chi connectivity index (χ2n) is 4.17. The largest absolute Gasteiger partial charge is 0.308 e. The van der Waals surface area contributed by atoms with Crippen LogP contribution >= 0.6 is 0 Å². The number of carbonyl (C=O) groups is 1. The van der Waals surface area contributed by atoms with Gasteiger partial charge in [-0.2, -0.15) is 5.10 Å². The molecule has 0 spiro atoms. The van der Waals surface area contributed by atoms with Gasteiger partial charge in [0.1, 0.15) is 0 Å². The molecule has 0 aliphatic carbocycles. The normalized spacial score (nSPS) is 25.5. The van der Waals surface area contributed by atoms with Crippen molar-refractivity contribution in [2.45, 2.75) is 19.4 Å². The Bertz CT molecular complexity index is 360. The van der Waals surface area contributed by atoms with Crippen LogP contribution in [0.5, 0.6) is 0 Å². The third-order valence-electron chi connectivity index (χ3n) is 2.63. The van der Waals surface area contributed by atoms with Crippen LogP contribution in [0.4, 0.5) is 5.82 Å². The lowest BCUT2D eigenvalue weighted by molar-refractivity contribution is -0.117. The minimum absolute atomic E-state index is 0.0121. The molecule has 0 radical (unpaired) electrons. The Morgan fingerprint density at radius 1 is 1.73 bits per heavy atom. The molecule has 0 aromatic carbocycles. The van der Waals surface area contributed by atoms with E-state index in [1.54, 1.807) is 16.9 Å². The molecule has 0 bridgehead atoms. The number of nitrogens with zero attached hydrogens (tertiary/aromatic N) is 2. The quantitative estimate of drug-likeness (QED) is 0.737. The van der Waals surface area contributed by atoms with Crippen LogP contribution in [0.1, 0.15) is 13.3 Å². The molecule has 1 aliphatic heterocycles. The summed E-state index contributed by atoms with van der Waals surface area (Å²) < 4.78 is 1.67. The third-order valence-corrected chi connectivity index (χ3v) is 2.63. The lowest BCUT2D eigenvalue weighted by Gasteiger charge is -2.08. The van der Waals surface area contributed by atoms with E-state index in [9.17, 15) is 4.79 Å². The standard InChI is InChI=1S/C10H16N4O/c1-7-5-8(11-6-7)10(15)12-9-3-4-14(2)13-9/h3-4,7-8,11H,5-6H2,1-2H3,(H,12,13,15)/t7?,8-/m0/s1. The van der Waals surface area contributed by atoms with Crippen molar-refractivity contribution in [3.63, 3.8) is 0 Å². The first-order chi connectivity index (χ1) is 7.15. The van der Waals surface area contributed by atoms with E-state index in [0.29, 0.717) is 11.7 Å². The van der Waals surface area contributed by atoms with Gasteiger partial charge < -0.3 is 10.6 Å². The highest BCUT2D eigenvalue weighted by atomic mass is 16.2. The lowest BCUT2D eigenvalue weighted by Crippen LogP contribution is -2.35. The van der Waals surface area contributed by atoms with Crippen LogP contribution in [0, 0.1) is 5.92 Å². The van der Waals surface area contributed by atoms with Gasteiger partial charge in [-0.25, -0.2) is 0 Å². The molecule has 1 aliphatic rings.